The Bertz CT molecular complexity index is 1740. The first-order valence-electron chi connectivity index (χ1n) is 17.7. The third-order valence-electron chi connectivity index (χ3n) is 7.98. The minimum atomic E-state index is -0.381. The van der Waals surface area contributed by atoms with Gasteiger partial charge in [0, 0.05) is 42.6 Å². The molecule has 0 unspecified atom stereocenters. The number of nitrogens with two attached hydrogens (primary N) is 1. The summed E-state index contributed by atoms with van der Waals surface area (Å²) in [4.78, 5) is 2.24. The molecule has 0 aliphatic heterocycles. The second kappa shape index (κ2) is 25.4. The number of benzene rings is 5. The van der Waals surface area contributed by atoms with Crippen LogP contribution in [0, 0.1) is 11.6 Å². The van der Waals surface area contributed by atoms with E-state index in [9.17, 15) is 13.9 Å². The molecule has 0 heterocycles. The molecule has 0 saturated carbocycles. The number of rotatable bonds is 18. The average molecular weight is 802 g/mol. The van der Waals surface area contributed by atoms with Gasteiger partial charge in [-0.1, -0.05) is 132 Å². The predicted molar refractivity (Wildman–Crippen MR) is 219 cm³/mol. The van der Waals surface area contributed by atoms with E-state index < -0.39 is 0 Å². The number of alkyl halides is 1. The van der Waals surface area contributed by atoms with Gasteiger partial charge in [-0.3, -0.25) is 4.90 Å². The second-order valence-corrected chi connectivity index (χ2v) is 13.0. The lowest BCUT2D eigenvalue weighted by Gasteiger charge is -2.31. The van der Waals surface area contributed by atoms with Crippen LogP contribution in [0.2, 0.25) is 0 Å². The summed E-state index contributed by atoms with van der Waals surface area (Å²) in [5.74, 6) is 0.196. The predicted octanol–water partition coefficient (Wildman–Crippen LogP) is 8.83. The summed E-state index contributed by atoms with van der Waals surface area (Å²) in [5, 5.41) is 20.0. The number of aliphatic hydroxyl groups excluding tert-OH is 2. The fraction of sp³-hybridized carbons (Fsp3) is 0.244. The van der Waals surface area contributed by atoms with Gasteiger partial charge in [0.1, 0.15) is 36.3 Å². The summed E-state index contributed by atoms with van der Waals surface area (Å²) in [6.07, 6.45) is 4.14. The second-order valence-electron chi connectivity index (χ2n) is 12.5. The van der Waals surface area contributed by atoms with Crippen LogP contribution in [0.25, 0.3) is 0 Å². The topological polar surface area (TPSA) is 88.2 Å². The van der Waals surface area contributed by atoms with E-state index in [0.29, 0.717) is 56.2 Å². The van der Waals surface area contributed by atoms with Crippen LogP contribution in [0.4, 0.5) is 8.78 Å². The van der Waals surface area contributed by atoms with E-state index in [-0.39, 0.29) is 36.9 Å². The first kappa shape index (κ1) is 43.8. The zero-order valence-corrected chi connectivity index (χ0v) is 32.2. The highest BCUT2D eigenvalue weighted by Gasteiger charge is 2.20. The van der Waals surface area contributed by atoms with Gasteiger partial charge >= 0.3 is 0 Å². The monoisotopic (exact) mass is 800 g/mol. The van der Waals surface area contributed by atoms with Crippen molar-refractivity contribution < 1.29 is 28.5 Å². The molecular formula is C45H51BrF2N2O4. The Labute approximate surface area is 327 Å². The van der Waals surface area contributed by atoms with Gasteiger partial charge in [0.25, 0.3) is 0 Å². The van der Waals surface area contributed by atoms with Gasteiger partial charge in [-0.2, -0.15) is 0 Å². The van der Waals surface area contributed by atoms with Crippen LogP contribution in [0.1, 0.15) is 27.8 Å². The summed E-state index contributed by atoms with van der Waals surface area (Å²) < 4.78 is 38.1. The van der Waals surface area contributed by atoms with Gasteiger partial charge in [0.05, 0.1) is 13.2 Å². The van der Waals surface area contributed by atoms with Crippen molar-refractivity contribution in [2.45, 2.75) is 43.3 Å². The lowest BCUT2D eigenvalue weighted by molar-refractivity contribution is 0.109. The standard InChI is InChI=1S/C26H28FNO2.C12H16FNO2.C7H7Br/c1-2-13-30-26-16-23(14-24(27)17-26)15-25(20-29)28(18-21-9-5-3-6-10-21)19-22-11-7-4-8-12-22;1-2-3-16-12-6-9(4-10(13)7-12)5-11(14)8-15;8-6-7-4-2-1-3-5-7/h2-12,14,16-17,25,29H,1,13,15,18-20H2;2,4,6-7,11,15H,1,3,5,8,14H2;1-5H,6H2/t25-;11-;/m00./s1. The smallest absolute Gasteiger partial charge is 0.127 e. The van der Waals surface area contributed by atoms with Crippen molar-refractivity contribution in [2.75, 3.05) is 26.4 Å². The molecule has 0 aliphatic rings. The van der Waals surface area contributed by atoms with Crippen LogP contribution >= 0.6 is 15.9 Å². The quantitative estimate of drug-likeness (QED) is 0.0607. The molecule has 0 aliphatic carbocycles. The summed E-state index contributed by atoms with van der Waals surface area (Å²) in [5.41, 5.74) is 10.7. The van der Waals surface area contributed by atoms with Crippen LogP contribution < -0.4 is 15.2 Å². The number of ether oxygens (including phenoxy) is 2. The first-order chi connectivity index (χ1) is 26.3. The van der Waals surface area contributed by atoms with Gasteiger partial charge in [0.2, 0.25) is 0 Å². The zero-order valence-electron chi connectivity index (χ0n) is 30.6. The molecular weight excluding hydrogens is 750 g/mol. The molecule has 0 spiro atoms. The minimum Gasteiger partial charge on any atom is -0.489 e. The van der Waals surface area contributed by atoms with E-state index in [1.807, 2.05) is 60.7 Å². The third kappa shape index (κ3) is 17.0. The number of hydrogen-bond donors (Lipinski definition) is 3. The Hall–Kier alpha value is -4.64. The van der Waals surface area contributed by atoms with Crippen molar-refractivity contribution in [3.05, 3.63) is 192 Å². The van der Waals surface area contributed by atoms with Crippen LogP contribution in [0.3, 0.4) is 0 Å². The highest BCUT2D eigenvalue weighted by molar-refractivity contribution is 9.08. The van der Waals surface area contributed by atoms with Crippen LogP contribution in [0.5, 0.6) is 11.5 Å². The molecule has 9 heteroatoms. The van der Waals surface area contributed by atoms with E-state index in [1.165, 1.54) is 41.0 Å². The maximum Gasteiger partial charge on any atom is 0.127 e. The van der Waals surface area contributed by atoms with E-state index in [2.05, 4.69) is 70.4 Å². The molecule has 2 atom stereocenters. The molecule has 5 aromatic carbocycles. The summed E-state index contributed by atoms with van der Waals surface area (Å²) >= 11 is 3.36. The number of aliphatic hydroxyl groups is 2. The minimum absolute atomic E-state index is 0.0287. The normalized spacial score (nSPS) is 11.6. The number of nitrogens with zero attached hydrogens (tertiary/aromatic N) is 1. The van der Waals surface area contributed by atoms with Crippen molar-refractivity contribution in [1.82, 2.24) is 4.90 Å². The van der Waals surface area contributed by atoms with Crippen molar-refractivity contribution in [2.24, 2.45) is 5.73 Å². The van der Waals surface area contributed by atoms with Crippen LogP contribution in [0.15, 0.2) is 153 Å². The van der Waals surface area contributed by atoms with Crippen molar-refractivity contribution >= 4 is 15.9 Å². The van der Waals surface area contributed by atoms with Crippen molar-refractivity contribution in [1.29, 1.82) is 0 Å². The molecule has 0 fully saturated rings. The molecule has 0 aromatic heterocycles. The Morgan fingerprint density at radius 3 is 1.41 bits per heavy atom. The molecule has 286 valence electrons. The van der Waals surface area contributed by atoms with Gasteiger partial charge in [-0.25, -0.2) is 8.78 Å². The summed E-state index contributed by atoms with van der Waals surface area (Å²) in [6, 6.07) is 39.2. The van der Waals surface area contributed by atoms with E-state index in [0.717, 1.165) is 10.9 Å². The van der Waals surface area contributed by atoms with Gasteiger partial charge < -0.3 is 25.4 Å². The number of halogens is 3. The summed E-state index contributed by atoms with van der Waals surface area (Å²) in [7, 11) is 0. The Morgan fingerprint density at radius 1 is 0.611 bits per heavy atom. The lowest BCUT2D eigenvalue weighted by atomic mass is 10.0. The highest BCUT2D eigenvalue weighted by Crippen LogP contribution is 2.22. The van der Waals surface area contributed by atoms with Gasteiger partial charge in [0.15, 0.2) is 0 Å². The molecule has 5 rings (SSSR count). The van der Waals surface area contributed by atoms with Gasteiger partial charge in [-0.15, -0.1) is 0 Å². The summed E-state index contributed by atoms with van der Waals surface area (Å²) in [6.45, 7) is 9.01. The molecule has 4 N–H and O–H groups in total. The largest absolute Gasteiger partial charge is 0.489 e. The lowest BCUT2D eigenvalue weighted by Crippen LogP contribution is -2.38. The molecule has 54 heavy (non-hydrogen) atoms. The van der Waals surface area contributed by atoms with Crippen LogP contribution in [-0.4, -0.2) is 53.6 Å². The first-order valence-corrected chi connectivity index (χ1v) is 18.8. The average Bonchev–Trinajstić information content (AvgIpc) is 3.19. The number of hydrogen-bond acceptors (Lipinski definition) is 6. The Morgan fingerprint density at radius 2 is 1.04 bits per heavy atom. The maximum absolute atomic E-state index is 14.1. The Balaban J connectivity index is 0.000000270. The highest BCUT2D eigenvalue weighted by atomic mass is 79.9. The SMILES string of the molecule is BrCc1ccccc1.C=CCOc1cc(F)cc(C[C@@H](CO)N(Cc2ccccc2)Cc2ccccc2)c1.C=CCOc1cc(F)cc(C[C@H](N)CO)c1. The van der Waals surface area contributed by atoms with Gasteiger partial charge in [-0.05, 0) is 64.9 Å². The van der Waals surface area contributed by atoms with Crippen LogP contribution in [-0.2, 0) is 31.3 Å². The third-order valence-corrected chi connectivity index (χ3v) is 8.63. The zero-order chi connectivity index (χ0) is 39.0. The maximum atomic E-state index is 14.1. The van der Waals surface area contributed by atoms with E-state index in [4.69, 9.17) is 20.3 Å². The molecule has 0 radical (unpaired) electrons. The van der Waals surface area contributed by atoms with Crippen molar-refractivity contribution in [3.8, 4) is 11.5 Å². The fourth-order valence-electron chi connectivity index (χ4n) is 5.42. The Kier molecular flexibility index (Phi) is 20.6. The van der Waals surface area contributed by atoms with E-state index in [1.54, 1.807) is 18.2 Å². The molecule has 0 amide bonds. The molecule has 6 nitrogen and oxygen atoms in total. The van der Waals surface area contributed by atoms with E-state index >= 15 is 0 Å². The molecule has 0 saturated heterocycles. The fourth-order valence-corrected chi connectivity index (χ4v) is 5.79. The molecule has 0 bridgehead atoms. The molecule has 5 aromatic rings. The van der Waals surface area contributed by atoms with Crippen molar-refractivity contribution in [3.63, 3.8) is 0 Å².